The standard InChI is InChI=1S/C30H37F2NO4/c31-30(32,27-13-7-4-8-14-27)23-36-18-10-2-1-9-17-33-20-28(35)25-15-16-29(26(19-25)21-34)37-22-24-11-5-3-6-12-24/h3-8,11-16,19,28,33-35H,1-2,9-10,17-18,20-23H2/t28-/m0/s1. The predicted octanol–water partition coefficient (Wildman–Crippen LogP) is 5.75. The normalized spacial score (nSPS) is 12.4. The quantitative estimate of drug-likeness (QED) is 0.201. The van der Waals surface area contributed by atoms with Crippen LogP contribution in [0.1, 0.15) is 54.0 Å². The Morgan fingerprint density at radius 3 is 2.30 bits per heavy atom. The van der Waals surface area contributed by atoms with Crippen LogP contribution in [0.15, 0.2) is 78.9 Å². The molecule has 1 atom stereocenters. The van der Waals surface area contributed by atoms with Gasteiger partial charge in [0, 0.05) is 24.3 Å². The highest BCUT2D eigenvalue weighted by Gasteiger charge is 2.31. The molecule has 0 saturated carbocycles. The Hall–Kier alpha value is -2.84. The molecule has 3 rings (SSSR count). The van der Waals surface area contributed by atoms with E-state index in [1.54, 1.807) is 30.3 Å². The molecule has 0 heterocycles. The highest BCUT2D eigenvalue weighted by atomic mass is 19.3. The Labute approximate surface area is 218 Å². The van der Waals surface area contributed by atoms with E-state index in [1.165, 1.54) is 12.1 Å². The molecule has 200 valence electrons. The van der Waals surface area contributed by atoms with Gasteiger partial charge >= 0.3 is 0 Å². The van der Waals surface area contributed by atoms with Crippen LogP contribution in [0, 0.1) is 0 Å². The SMILES string of the molecule is OCc1cc([C@@H](O)CNCCCCCCOCC(F)(F)c2ccccc2)ccc1OCc1ccccc1. The lowest BCUT2D eigenvalue weighted by atomic mass is 10.0. The van der Waals surface area contributed by atoms with Gasteiger partial charge in [-0.15, -0.1) is 0 Å². The van der Waals surface area contributed by atoms with Gasteiger partial charge in [-0.2, -0.15) is 8.78 Å². The fraction of sp³-hybridized carbons (Fsp3) is 0.400. The zero-order chi connectivity index (χ0) is 26.3. The van der Waals surface area contributed by atoms with Crippen LogP contribution >= 0.6 is 0 Å². The first-order chi connectivity index (χ1) is 18.0. The minimum atomic E-state index is -2.97. The summed E-state index contributed by atoms with van der Waals surface area (Å²) in [5.41, 5.74) is 2.37. The van der Waals surface area contributed by atoms with Crippen molar-refractivity contribution in [3.05, 3.63) is 101 Å². The fourth-order valence-corrected chi connectivity index (χ4v) is 3.94. The number of ether oxygens (including phenoxy) is 2. The molecule has 0 bridgehead atoms. The molecular formula is C30H37F2NO4. The molecule has 0 aliphatic carbocycles. The van der Waals surface area contributed by atoms with Crippen molar-refractivity contribution in [2.75, 3.05) is 26.3 Å². The highest BCUT2D eigenvalue weighted by Crippen LogP contribution is 2.28. The van der Waals surface area contributed by atoms with Gasteiger partial charge in [0.2, 0.25) is 0 Å². The molecule has 0 fully saturated rings. The van der Waals surface area contributed by atoms with Gasteiger partial charge in [0.15, 0.2) is 0 Å². The number of benzene rings is 3. The van der Waals surface area contributed by atoms with Crippen molar-refractivity contribution in [3.63, 3.8) is 0 Å². The number of hydrogen-bond acceptors (Lipinski definition) is 5. The Morgan fingerprint density at radius 1 is 0.865 bits per heavy atom. The van der Waals surface area contributed by atoms with Crippen molar-refractivity contribution in [1.29, 1.82) is 0 Å². The molecule has 37 heavy (non-hydrogen) atoms. The lowest BCUT2D eigenvalue weighted by molar-refractivity contribution is -0.0831. The second-order valence-electron chi connectivity index (χ2n) is 9.06. The van der Waals surface area contributed by atoms with Crippen molar-refractivity contribution in [3.8, 4) is 5.75 Å². The van der Waals surface area contributed by atoms with E-state index in [-0.39, 0.29) is 12.2 Å². The molecule has 0 aromatic heterocycles. The topological polar surface area (TPSA) is 71.0 Å². The van der Waals surface area contributed by atoms with Crippen molar-refractivity contribution < 1.29 is 28.5 Å². The average molecular weight is 514 g/mol. The summed E-state index contributed by atoms with van der Waals surface area (Å²) in [4.78, 5) is 0. The van der Waals surface area contributed by atoms with Crippen LogP contribution in [-0.2, 0) is 23.9 Å². The number of alkyl halides is 2. The number of unbranched alkanes of at least 4 members (excludes halogenated alkanes) is 3. The second-order valence-corrected chi connectivity index (χ2v) is 9.06. The molecule has 5 nitrogen and oxygen atoms in total. The number of aliphatic hydroxyl groups excluding tert-OH is 2. The summed E-state index contributed by atoms with van der Waals surface area (Å²) in [5, 5.41) is 23.5. The first-order valence-electron chi connectivity index (χ1n) is 12.8. The third-order valence-corrected chi connectivity index (χ3v) is 6.09. The van der Waals surface area contributed by atoms with E-state index in [2.05, 4.69) is 5.32 Å². The van der Waals surface area contributed by atoms with E-state index >= 15 is 0 Å². The molecule has 0 spiro atoms. The Kier molecular flexibility index (Phi) is 12.0. The maximum absolute atomic E-state index is 14.0. The van der Waals surface area contributed by atoms with Gasteiger partial charge in [0.1, 0.15) is 19.0 Å². The molecule has 3 aromatic rings. The van der Waals surface area contributed by atoms with Gasteiger partial charge in [-0.05, 0) is 42.6 Å². The van der Waals surface area contributed by atoms with E-state index < -0.39 is 18.6 Å². The summed E-state index contributed by atoms with van der Waals surface area (Å²) in [7, 11) is 0. The third-order valence-electron chi connectivity index (χ3n) is 6.09. The molecule has 0 aliphatic heterocycles. The van der Waals surface area contributed by atoms with Gasteiger partial charge in [-0.3, -0.25) is 0 Å². The third kappa shape index (κ3) is 9.85. The lowest BCUT2D eigenvalue weighted by Crippen LogP contribution is -2.22. The maximum Gasteiger partial charge on any atom is 0.296 e. The maximum atomic E-state index is 14.0. The molecule has 0 saturated heterocycles. The number of rotatable bonds is 17. The van der Waals surface area contributed by atoms with Crippen LogP contribution in [0.25, 0.3) is 0 Å². The van der Waals surface area contributed by atoms with Gasteiger partial charge in [-0.1, -0.05) is 79.6 Å². The van der Waals surface area contributed by atoms with E-state index in [1.807, 2.05) is 36.4 Å². The molecule has 0 amide bonds. The van der Waals surface area contributed by atoms with E-state index in [4.69, 9.17) is 9.47 Å². The lowest BCUT2D eigenvalue weighted by Gasteiger charge is -2.17. The first kappa shape index (κ1) is 28.7. The summed E-state index contributed by atoms with van der Waals surface area (Å²) in [6.07, 6.45) is 2.79. The molecule has 0 aliphatic rings. The van der Waals surface area contributed by atoms with Crippen LogP contribution < -0.4 is 10.1 Å². The predicted molar refractivity (Wildman–Crippen MR) is 141 cm³/mol. The minimum absolute atomic E-state index is 0.0248. The van der Waals surface area contributed by atoms with Crippen LogP contribution in [0.2, 0.25) is 0 Å². The van der Waals surface area contributed by atoms with E-state index in [9.17, 15) is 19.0 Å². The number of nitrogens with one attached hydrogen (secondary N) is 1. The summed E-state index contributed by atoms with van der Waals surface area (Å²) in [5.74, 6) is -2.37. The minimum Gasteiger partial charge on any atom is -0.489 e. The molecule has 3 N–H and O–H groups in total. The van der Waals surface area contributed by atoms with E-state index in [0.717, 1.165) is 37.8 Å². The Balaban J connectivity index is 1.26. The van der Waals surface area contributed by atoms with E-state index in [0.29, 0.717) is 36.6 Å². The second kappa shape index (κ2) is 15.4. The molecule has 0 unspecified atom stereocenters. The highest BCUT2D eigenvalue weighted by molar-refractivity contribution is 5.38. The van der Waals surface area contributed by atoms with Gasteiger partial charge < -0.3 is 25.0 Å². The molecular weight excluding hydrogens is 476 g/mol. The molecule has 0 radical (unpaired) electrons. The zero-order valence-electron chi connectivity index (χ0n) is 21.1. The molecule has 7 heteroatoms. The zero-order valence-corrected chi connectivity index (χ0v) is 21.1. The Bertz CT molecular complexity index is 1030. The van der Waals surface area contributed by atoms with Crippen LogP contribution in [0.5, 0.6) is 5.75 Å². The molecule has 3 aromatic carbocycles. The smallest absolute Gasteiger partial charge is 0.296 e. The first-order valence-corrected chi connectivity index (χ1v) is 12.8. The largest absolute Gasteiger partial charge is 0.489 e. The Morgan fingerprint density at radius 2 is 1.57 bits per heavy atom. The average Bonchev–Trinajstić information content (AvgIpc) is 2.93. The van der Waals surface area contributed by atoms with Gasteiger partial charge in [0.25, 0.3) is 5.92 Å². The summed E-state index contributed by atoms with van der Waals surface area (Å²) >= 11 is 0. The summed E-state index contributed by atoms with van der Waals surface area (Å²) in [6.45, 7) is 1.08. The van der Waals surface area contributed by atoms with Crippen LogP contribution in [0.4, 0.5) is 8.78 Å². The van der Waals surface area contributed by atoms with Crippen molar-refractivity contribution in [1.82, 2.24) is 5.32 Å². The van der Waals surface area contributed by atoms with Crippen molar-refractivity contribution in [2.24, 2.45) is 0 Å². The number of halogens is 2. The van der Waals surface area contributed by atoms with Crippen LogP contribution in [-0.4, -0.2) is 36.5 Å². The van der Waals surface area contributed by atoms with Crippen molar-refractivity contribution >= 4 is 0 Å². The summed E-state index contributed by atoms with van der Waals surface area (Å²) in [6, 6.07) is 22.9. The van der Waals surface area contributed by atoms with Gasteiger partial charge in [0.05, 0.1) is 12.7 Å². The monoisotopic (exact) mass is 513 g/mol. The van der Waals surface area contributed by atoms with Crippen molar-refractivity contribution in [2.45, 2.75) is 50.9 Å². The number of hydrogen-bond donors (Lipinski definition) is 3. The van der Waals surface area contributed by atoms with Gasteiger partial charge in [-0.25, -0.2) is 0 Å². The van der Waals surface area contributed by atoms with Crippen LogP contribution in [0.3, 0.4) is 0 Å². The summed E-state index contributed by atoms with van der Waals surface area (Å²) < 4.78 is 39.1. The fourth-order valence-electron chi connectivity index (χ4n) is 3.94. The number of aliphatic hydroxyl groups is 2.